The second-order valence-electron chi connectivity index (χ2n) is 6.51. The van der Waals surface area contributed by atoms with Crippen LogP contribution in [0.5, 0.6) is 0 Å². The van der Waals surface area contributed by atoms with Crippen LogP contribution in [0.2, 0.25) is 0 Å². The van der Waals surface area contributed by atoms with Crippen molar-refractivity contribution in [2.75, 3.05) is 33.4 Å². The summed E-state index contributed by atoms with van der Waals surface area (Å²) in [7, 11) is 1.67. The number of nitrogens with zero attached hydrogens (tertiary/aromatic N) is 1. The number of carbonyl (C=O) groups excluding carboxylic acids is 1. The van der Waals surface area contributed by atoms with Crippen LogP contribution in [0, 0.1) is 19.3 Å². The zero-order valence-corrected chi connectivity index (χ0v) is 14.8. The van der Waals surface area contributed by atoms with Gasteiger partial charge in [-0.15, -0.1) is 0 Å². The molecule has 0 radical (unpaired) electrons. The molecule has 0 aliphatic carbocycles. The largest absolute Gasteiger partial charge is 0.466 e. The first-order valence-corrected chi connectivity index (χ1v) is 8.45. The fraction of sp³-hybridized carbons (Fsp3) is 0.722. The molecular weight excluding hydrogens is 294 g/mol. The Bertz CT molecular complexity index is 506. The summed E-state index contributed by atoms with van der Waals surface area (Å²) in [6, 6.07) is 2.09. The molecule has 0 aromatic carbocycles. The van der Waals surface area contributed by atoms with E-state index < -0.39 is 5.41 Å². The van der Waals surface area contributed by atoms with Gasteiger partial charge in [-0.25, -0.2) is 0 Å². The number of furan rings is 1. The monoisotopic (exact) mass is 323 g/mol. The van der Waals surface area contributed by atoms with Crippen molar-refractivity contribution in [1.29, 1.82) is 0 Å². The number of methoxy groups -OCH3 is 1. The van der Waals surface area contributed by atoms with E-state index in [-0.39, 0.29) is 5.97 Å². The Morgan fingerprint density at radius 1 is 1.43 bits per heavy atom. The quantitative estimate of drug-likeness (QED) is 0.722. The molecule has 1 atom stereocenters. The molecule has 1 saturated heterocycles. The third kappa shape index (κ3) is 4.36. The predicted molar refractivity (Wildman–Crippen MR) is 88.3 cm³/mol. The van der Waals surface area contributed by atoms with Crippen molar-refractivity contribution in [1.82, 2.24) is 4.90 Å². The third-order valence-electron chi connectivity index (χ3n) is 4.75. The SMILES string of the molecule is CCOC(=O)[C@@]1(CCOC)CCCN(Cc2cc(C)c(C)o2)C1. The summed E-state index contributed by atoms with van der Waals surface area (Å²) < 4.78 is 16.4. The molecule has 2 heterocycles. The van der Waals surface area contributed by atoms with Crippen molar-refractivity contribution in [2.45, 2.75) is 46.6 Å². The molecule has 1 aromatic rings. The lowest BCUT2D eigenvalue weighted by atomic mass is 9.77. The Morgan fingerprint density at radius 3 is 2.83 bits per heavy atom. The first-order valence-electron chi connectivity index (χ1n) is 8.45. The van der Waals surface area contributed by atoms with Gasteiger partial charge in [0.2, 0.25) is 0 Å². The third-order valence-corrected chi connectivity index (χ3v) is 4.75. The average molecular weight is 323 g/mol. The van der Waals surface area contributed by atoms with Gasteiger partial charge in [0.15, 0.2) is 0 Å². The molecule has 0 spiro atoms. The molecule has 5 heteroatoms. The summed E-state index contributed by atoms with van der Waals surface area (Å²) >= 11 is 0. The number of aryl methyl sites for hydroxylation is 2. The Kier molecular flexibility index (Phi) is 6.25. The minimum absolute atomic E-state index is 0.0893. The van der Waals surface area contributed by atoms with E-state index in [0.29, 0.717) is 26.2 Å². The van der Waals surface area contributed by atoms with E-state index in [1.54, 1.807) is 7.11 Å². The standard InChI is InChI=1S/C18H29NO4/c1-5-22-17(20)18(8-10-21-4)7-6-9-19(13-18)12-16-11-14(2)15(3)23-16/h11H,5-10,12-13H2,1-4H3/t18-/m1/s1. The predicted octanol–water partition coefficient (Wildman–Crippen LogP) is 3.08. The van der Waals surface area contributed by atoms with Gasteiger partial charge >= 0.3 is 5.97 Å². The van der Waals surface area contributed by atoms with Crippen molar-refractivity contribution in [3.05, 3.63) is 23.2 Å². The molecule has 0 saturated carbocycles. The highest BCUT2D eigenvalue weighted by Crippen LogP contribution is 2.36. The Hall–Kier alpha value is -1.33. The van der Waals surface area contributed by atoms with Crippen molar-refractivity contribution in [2.24, 2.45) is 5.41 Å². The molecule has 23 heavy (non-hydrogen) atoms. The number of piperidine rings is 1. The fourth-order valence-corrected chi connectivity index (χ4v) is 3.36. The molecule has 0 unspecified atom stereocenters. The topological polar surface area (TPSA) is 51.9 Å². The lowest BCUT2D eigenvalue weighted by Crippen LogP contribution is -2.48. The number of hydrogen-bond acceptors (Lipinski definition) is 5. The molecule has 1 aromatic heterocycles. The second-order valence-corrected chi connectivity index (χ2v) is 6.51. The van der Waals surface area contributed by atoms with Crippen LogP contribution in [-0.2, 0) is 20.8 Å². The second kappa shape index (κ2) is 7.97. The number of rotatable bonds is 7. The van der Waals surface area contributed by atoms with Gasteiger partial charge in [0.05, 0.1) is 18.6 Å². The Balaban J connectivity index is 2.09. The van der Waals surface area contributed by atoms with Gasteiger partial charge in [-0.2, -0.15) is 0 Å². The van der Waals surface area contributed by atoms with Crippen LogP contribution in [0.25, 0.3) is 0 Å². The molecule has 130 valence electrons. The highest BCUT2D eigenvalue weighted by molar-refractivity contribution is 5.77. The van der Waals surface area contributed by atoms with Crippen LogP contribution >= 0.6 is 0 Å². The maximum absolute atomic E-state index is 12.6. The van der Waals surface area contributed by atoms with Crippen LogP contribution in [0.3, 0.4) is 0 Å². The van der Waals surface area contributed by atoms with Crippen molar-refractivity contribution >= 4 is 5.97 Å². The fourth-order valence-electron chi connectivity index (χ4n) is 3.36. The zero-order chi connectivity index (χ0) is 16.9. The van der Waals surface area contributed by atoms with E-state index in [9.17, 15) is 4.79 Å². The highest BCUT2D eigenvalue weighted by atomic mass is 16.5. The molecule has 1 aliphatic heterocycles. The first kappa shape index (κ1) is 18.0. The van der Waals surface area contributed by atoms with E-state index >= 15 is 0 Å². The maximum Gasteiger partial charge on any atom is 0.313 e. The van der Waals surface area contributed by atoms with Gasteiger partial charge in [-0.1, -0.05) is 0 Å². The summed E-state index contributed by atoms with van der Waals surface area (Å²) in [6.45, 7) is 9.31. The van der Waals surface area contributed by atoms with E-state index in [1.807, 2.05) is 13.8 Å². The lowest BCUT2D eigenvalue weighted by molar-refractivity contribution is -0.161. The van der Waals surface area contributed by atoms with Crippen molar-refractivity contribution in [3.63, 3.8) is 0 Å². The van der Waals surface area contributed by atoms with Crippen molar-refractivity contribution < 1.29 is 18.7 Å². The van der Waals surface area contributed by atoms with Gasteiger partial charge in [0.1, 0.15) is 11.5 Å². The molecule has 1 aliphatic rings. The number of likely N-dealkylation sites (tertiary alicyclic amines) is 1. The first-order chi connectivity index (χ1) is 11.0. The summed E-state index contributed by atoms with van der Waals surface area (Å²) in [4.78, 5) is 14.9. The normalized spacial score (nSPS) is 22.3. The van der Waals surface area contributed by atoms with Crippen LogP contribution in [-0.4, -0.2) is 44.3 Å². The van der Waals surface area contributed by atoms with Gasteiger partial charge in [0, 0.05) is 20.3 Å². The molecule has 0 N–H and O–H groups in total. The van der Waals surface area contributed by atoms with Crippen LogP contribution in [0.4, 0.5) is 0 Å². The number of hydrogen-bond donors (Lipinski definition) is 0. The molecule has 2 rings (SSSR count). The Labute approximate surface area is 138 Å². The number of carbonyl (C=O) groups is 1. The average Bonchev–Trinajstić information content (AvgIpc) is 2.83. The van der Waals surface area contributed by atoms with E-state index in [1.165, 1.54) is 5.56 Å². The molecular formula is C18H29NO4. The van der Waals surface area contributed by atoms with Crippen LogP contribution < -0.4 is 0 Å². The van der Waals surface area contributed by atoms with Gasteiger partial charge in [0.25, 0.3) is 0 Å². The molecule has 1 fully saturated rings. The minimum atomic E-state index is -0.457. The van der Waals surface area contributed by atoms with Crippen LogP contribution in [0.1, 0.15) is 43.3 Å². The zero-order valence-electron chi connectivity index (χ0n) is 14.8. The molecule has 0 bridgehead atoms. The van der Waals surface area contributed by atoms with E-state index in [0.717, 1.165) is 37.5 Å². The highest BCUT2D eigenvalue weighted by Gasteiger charge is 2.43. The van der Waals surface area contributed by atoms with Crippen molar-refractivity contribution in [3.8, 4) is 0 Å². The lowest BCUT2D eigenvalue weighted by Gasteiger charge is -2.40. The summed E-state index contributed by atoms with van der Waals surface area (Å²) in [5.74, 6) is 1.84. The number of ether oxygens (including phenoxy) is 2. The molecule has 5 nitrogen and oxygen atoms in total. The van der Waals surface area contributed by atoms with E-state index in [2.05, 4.69) is 17.9 Å². The maximum atomic E-state index is 12.6. The number of esters is 1. The van der Waals surface area contributed by atoms with Gasteiger partial charge in [-0.05, 0) is 58.2 Å². The summed E-state index contributed by atoms with van der Waals surface area (Å²) in [5.41, 5.74) is 0.717. The smallest absolute Gasteiger partial charge is 0.313 e. The molecule has 0 amide bonds. The minimum Gasteiger partial charge on any atom is -0.466 e. The Morgan fingerprint density at radius 2 is 2.22 bits per heavy atom. The van der Waals surface area contributed by atoms with Gasteiger partial charge in [-0.3, -0.25) is 9.69 Å². The van der Waals surface area contributed by atoms with Crippen LogP contribution in [0.15, 0.2) is 10.5 Å². The summed E-state index contributed by atoms with van der Waals surface area (Å²) in [6.07, 6.45) is 2.55. The van der Waals surface area contributed by atoms with E-state index in [4.69, 9.17) is 13.9 Å². The summed E-state index contributed by atoms with van der Waals surface area (Å²) in [5, 5.41) is 0. The van der Waals surface area contributed by atoms with Gasteiger partial charge < -0.3 is 13.9 Å².